The second-order valence-corrected chi connectivity index (χ2v) is 3.69. The molecule has 0 bridgehead atoms. The van der Waals surface area contributed by atoms with Crippen LogP contribution in [0.25, 0.3) is 0 Å². The van der Waals surface area contributed by atoms with Gasteiger partial charge in [0.2, 0.25) is 5.91 Å². The van der Waals surface area contributed by atoms with Crippen molar-refractivity contribution in [1.29, 1.82) is 0 Å². The van der Waals surface area contributed by atoms with Crippen molar-refractivity contribution in [2.24, 2.45) is 0 Å². The molecular weight excluding hydrogens is 194 g/mol. The molecule has 80 valence electrons. The molecule has 1 aromatic rings. The maximum absolute atomic E-state index is 11.4. The van der Waals surface area contributed by atoms with Crippen LogP contribution in [0.3, 0.4) is 0 Å². The Morgan fingerprint density at radius 2 is 1.93 bits per heavy atom. The number of likely N-dealkylation sites (tertiary alicyclic amines) is 1. The Bertz CT molecular complexity index is 352. The average Bonchev–Trinajstić information content (AvgIpc) is 2.47. The first-order valence-electron chi connectivity index (χ1n) is 4.88. The maximum atomic E-state index is 11.4. The fraction of sp³-hybridized carbons (Fsp3) is 0.364. The highest BCUT2D eigenvalue weighted by atomic mass is 16.4. The molecule has 0 saturated carbocycles. The van der Waals surface area contributed by atoms with Crippen LogP contribution >= 0.6 is 0 Å². The van der Waals surface area contributed by atoms with Gasteiger partial charge < -0.3 is 15.1 Å². The molecule has 1 fully saturated rings. The number of hydrogen-bond donors (Lipinski definition) is 2. The van der Waals surface area contributed by atoms with Crippen molar-refractivity contribution >= 4 is 5.91 Å². The predicted molar refractivity (Wildman–Crippen MR) is 53.6 cm³/mol. The van der Waals surface area contributed by atoms with Crippen molar-refractivity contribution in [3.8, 4) is 0 Å². The summed E-state index contributed by atoms with van der Waals surface area (Å²) in [6.07, 6.45) is -2.02. The molecule has 2 rings (SSSR count). The summed E-state index contributed by atoms with van der Waals surface area (Å²) in [7, 11) is 0. The van der Waals surface area contributed by atoms with E-state index in [2.05, 4.69) is 0 Å². The topological polar surface area (TPSA) is 60.8 Å². The van der Waals surface area contributed by atoms with Gasteiger partial charge >= 0.3 is 0 Å². The number of aliphatic hydroxyl groups is 2. The molecule has 0 spiro atoms. The summed E-state index contributed by atoms with van der Waals surface area (Å²) in [5.41, 5.74) is 0.944. The SMILES string of the molecule is O=C1CC(O)C(O)N1Cc1ccccc1. The molecule has 1 aromatic carbocycles. The standard InChI is InChI=1S/C11H13NO3/c13-9-6-10(14)12(11(9)15)7-8-4-2-1-3-5-8/h1-5,9,11,13,15H,6-7H2. The first kappa shape index (κ1) is 10.1. The molecule has 1 heterocycles. The van der Waals surface area contributed by atoms with E-state index in [1.807, 2.05) is 30.3 Å². The van der Waals surface area contributed by atoms with Gasteiger partial charge in [-0.15, -0.1) is 0 Å². The normalized spacial score (nSPS) is 26.0. The number of carbonyl (C=O) groups excluding carboxylic acids is 1. The van der Waals surface area contributed by atoms with Gasteiger partial charge in [0.1, 0.15) is 6.10 Å². The van der Waals surface area contributed by atoms with E-state index in [9.17, 15) is 15.0 Å². The van der Waals surface area contributed by atoms with Gasteiger partial charge in [0, 0.05) is 6.54 Å². The molecule has 4 heteroatoms. The summed E-state index contributed by atoms with van der Waals surface area (Å²) in [5.74, 6) is -0.209. The Kier molecular flexibility index (Phi) is 2.70. The molecule has 1 aliphatic rings. The average molecular weight is 207 g/mol. The summed E-state index contributed by atoms with van der Waals surface area (Å²) in [5, 5.41) is 18.8. The van der Waals surface area contributed by atoms with Gasteiger partial charge in [-0.2, -0.15) is 0 Å². The van der Waals surface area contributed by atoms with Crippen LogP contribution in [-0.4, -0.2) is 33.4 Å². The lowest BCUT2D eigenvalue weighted by atomic mass is 10.2. The third-order valence-electron chi connectivity index (χ3n) is 2.56. The first-order chi connectivity index (χ1) is 7.18. The minimum Gasteiger partial charge on any atom is -0.388 e. The molecule has 0 radical (unpaired) electrons. The minimum atomic E-state index is -1.07. The number of hydrogen-bond acceptors (Lipinski definition) is 3. The van der Waals surface area contributed by atoms with Crippen molar-refractivity contribution < 1.29 is 15.0 Å². The molecule has 0 aliphatic carbocycles. The summed E-state index contributed by atoms with van der Waals surface area (Å²) in [6.45, 7) is 0.345. The number of amides is 1. The van der Waals surface area contributed by atoms with Crippen molar-refractivity contribution in [3.63, 3.8) is 0 Å². The third-order valence-corrected chi connectivity index (χ3v) is 2.56. The molecule has 15 heavy (non-hydrogen) atoms. The van der Waals surface area contributed by atoms with Crippen LogP contribution in [0.2, 0.25) is 0 Å². The van der Waals surface area contributed by atoms with Gasteiger partial charge in [0.05, 0.1) is 6.42 Å². The van der Waals surface area contributed by atoms with Crippen molar-refractivity contribution in [2.45, 2.75) is 25.3 Å². The Hall–Kier alpha value is -1.39. The monoisotopic (exact) mass is 207 g/mol. The second kappa shape index (κ2) is 4.00. The third kappa shape index (κ3) is 2.00. The first-order valence-corrected chi connectivity index (χ1v) is 4.88. The summed E-state index contributed by atoms with van der Waals surface area (Å²) in [4.78, 5) is 12.7. The molecule has 2 atom stereocenters. The van der Waals surface area contributed by atoms with Crippen LogP contribution in [-0.2, 0) is 11.3 Å². The fourth-order valence-electron chi connectivity index (χ4n) is 1.72. The van der Waals surface area contributed by atoms with Crippen LogP contribution in [0.1, 0.15) is 12.0 Å². The second-order valence-electron chi connectivity index (χ2n) is 3.69. The smallest absolute Gasteiger partial charge is 0.227 e. The molecule has 1 aliphatic heterocycles. The van der Waals surface area contributed by atoms with Gasteiger partial charge in [0.25, 0.3) is 0 Å². The van der Waals surface area contributed by atoms with Crippen LogP contribution < -0.4 is 0 Å². The van der Waals surface area contributed by atoms with Gasteiger partial charge in [-0.1, -0.05) is 30.3 Å². The number of aliphatic hydroxyl groups excluding tert-OH is 2. The van der Waals surface area contributed by atoms with Gasteiger partial charge in [-0.25, -0.2) is 0 Å². The summed E-state index contributed by atoms with van der Waals surface area (Å²) in [6, 6.07) is 9.40. The zero-order valence-electron chi connectivity index (χ0n) is 8.21. The predicted octanol–water partition coefficient (Wildman–Crippen LogP) is 0.0982. The van der Waals surface area contributed by atoms with E-state index >= 15 is 0 Å². The molecule has 2 N–H and O–H groups in total. The minimum absolute atomic E-state index is 0.00794. The van der Waals surface area contributed by atoms with E-state index in [0.717, 1.165) is 5.56 Å². The van der Waals surface area contributed by atoms with Crippen molar-refractivity contribution in [3.05, 3.63) is 35.9 Å². The Morgan fingerprint density at radius 3 is 2.47 bits per heavy atom. The van der Waals surface area contributed by atoms with E-state index < -0.39 is 12.3 Å². The quantitative estimate of drug-likeness (QED) is 0.723. The molecule has 1 amide bonds. The zero-order chi connectivity index (χ0) is 10.8. The van der Waals surface area contributed by atoms with Crippen LogP contribution in [0.4, 0.5) is 0 Å². The van der Waals surface area contributed by atoms with E-state index in [1.165, 1.54) is 4.90 Å². The number of benzene rings is 1. The van der Waals surface area contributed by atoms with E-state index in [0.29, 0.717) is 6.54 Å². The highest BCUT2D eigenvalue weighted by Crippen LogP contribution is 2.19. The van der Waals surface area contributed by atoms with Crippen LogP contribution in [0, 0.1) is 0 Å². The maximum Gasteiger partial charge on any atom is 0.227 e. The lowest BCUT2D eigenvalue weighted by Gasteiger charge is -2.21. The molecule has 4 nitrogen and oxygen atoms in total. The Morgan fingerprint density at radius 1 is 1.27 bits per heavy atom. The van der Waals surface area contributed by atoms with E-state index in [1.54, 1.807) is 0 Å². The summed E-state index contributed by atoms with van der Waals surface area (Å²) >= 11 is 0. The molecule has 2 unspecified atom stereocenters. The van der Waals surface area contributed by atoms with Gasteiger partial charge in [-0.3, -0.25) is 4.79 Å². The Labute approximate surface area is 87.8 Å². The lowest BCUT2D eigenvalue weighted by Crippen LogP contribution is -2.36. The number of nitrogens with zero attached hydrogens (tertiary/aromatic N) is 1. The van der Waals surface area contributed by atoms with Crippen LogP contribution in [0.15, 0.2) is 30.3 Å². The molecular formula is C11H13NO3. The van der Waals surface area contributed by atoms with Gasteiger partial charge in [0.15, 0.2) is 6.23 Å². The number of rotatable bonds is 2. The summed E-state index contributed by atoms with van der Waals surface area (Å²) < 4.78 is 0. The largest absolute Gasteiger partial charge is 0.388 e. The lowest BCUT2D eigenvalue weighted by molar-refractivity contribution is -0.134. The fourth-order valence-corrected chi connectivity index (χ4v) is 1.72. The van der Waals surface area contributed by atoms with Crippen LogP contribution in [0.5, 0.6) is 0 Å². The zero-order valence-corrected chi connectivity index (χ0v) is 8.21. The van der Waals surface area contributed by atoms with Crippen molar-refractivity contribution in [2.75, 3.05) is 0 Å². The highest BCUT2D eigenvalue weighted by molar-refractivity contribution is 5.79. The van der Waals surface area contributed by atoms with E-state index in [4.69, 9.17) is 0 Å². The van der Waals surface area contributed by atoms with Crippen molar-refractivity contribution in [1.82, 2.24) is 4.90 Å². The number of carbonyl (C=O) groups is 1. The Balaban J connectivity index is 2.09. The molecule has 1 saturated heterocycles. The molecule has 0 aromatic heterocycles. The van der Waals surface area contributed by atoms with E-state index in [-0.39, 0.29) is 12.3 Å². The van der Waals surface area contributed by atoms with Gasteiger partial charge in [-0.05, 0) is 5.56 Å². The highest BCUT2D eigenvalue weighted by Gasteiger charge is 2.36.